The van der Waals surface area contributed by atoms with Gasteiger partial charge in [-0.3, -0.25) is 9.59 Å². The standard InChI is InChI=1S/C14H22N2O2/c1-6-11(7-2)16-14(18)13-8(3)12(10(5)17)9(4)15-13/h11,15H,6-7H2,1-5H3,(H,16,18). The van der Waals surface area contributed by atoms with Gasteiger partial charge in [-0.1, -0.05) is 13.8 Å². The van der Waals surface area contributed by atoms with Crippen molar-refractivity contribution in [2.24, 2.45) is 0 Å². The molecule has 4 nitrogen and oxygen atoms in total. The summed E-state index contributed by atoms with van der Waals surface area (Å²) in [5.41, 5.74) is 2.63. The second-order valence-corrected chi connectivity index (χ2v) is 4.67. The predicted molar refractivity (Wildman–Crippen MR) is 72.1 cm³/mol. The van der Waals surface area contributed by atoms with Crippen molar-refractivity contribution in [1.82, 2.24) is 10.3 Å². The van der Waals surface area contributed by atoms with E-state index in [0.717, 1.165) is 24.1 Å². The van der Waals surface area contributed by atoms with Crippen LogP contribution in [0.5, 0.6) is 0 Å². The van der Waals surface area contributed by atoms with Crippen LogP contribution in [0.2, 0.25) is 0 Å². The van der Waals surface area contributed by atoms with Crippen molar-refractivity contribution < 1.29 is 9.59 Å². The second-order valence-electron chi connectivity index (χ2n) is 4.67. The van der Waals surface area contributed by atoms with Gasteiger partial charge in [-0.05, 0) is 39.2 Å². The third kappa shape index (κ3) is 2.81. The predicted octanol–water partition coefficient (Wildman–Crippen LogP) is 2.75. The van der Waals surface area contributed by atoms with E-state index >= 15 is 0 Å². The Hall–Kier alpha value is -1.58. The molecule has 0 saturated carbocycles. The minimum absolute atomic E-state index is 0.0113. The van der Waals surface area contributed by atoms with Crippen LogP contribution in [-0.4, -0.2) is 22.7 Å². The van der Waals surface area contributed by atoms with Gasteiger partial charge in [0, 0.05) is 17.3 Å². The first-order chi connectivity index (χ1) is 8.42. The molecule has 1 heterocycles. The highest BCUT2D eigenvalue weighted by Crippen LogP contribution is 2.18. The van der Waals surface area contributed by atoms with Gasteiger partial charge in [0.25, 0.3) is 5.91 Å². The first kappa shape index (κ1) is 14.5. The zero-order valence-corrected chi connectivity index (χ0v) is 11.8. The van der Waals surface area contributed by atoms with E-state index in [0.29, 0.717) is 11.3 Å². The molecule has 100 valence electrons. The molecule has 0 atom stereocenters. The molecular formula is C14H22N2O2. The molecule has 0 spiro atoms. The third-order valence-corrected chi connectivity index (χ3v) is 3.34. The van der Waals surface area contributed by atoms with Crippen LogP contribution in [0.25, 0.3) is 0 Å². The maximum absolute atomic E-state index is 12.1. The van der Waals surface area contributed by atoms with Gasteiger partial charge in [0.15, 0.2) is 5.78 Å². The minimum atomic E-state index is -0.128. The van der Waals surface area contributed by atoms with Crippen LogP contribution >= 0.6 is 0 Å². The lowest BCUT2D eigenvalue weighted by molar-refractivity contribution is 0.0929. The molecule has 0 unspecified atom stereocenters. The van der Waals surface area contributed by atoms with Gasteiger partial charge in [0.05, 0.1) is 0 Å². The molecule has 1 aromatic heterocycles. The van der Waals surface area contributed by atoms with Crippen molar-refractivity contribution in [1.29, 1.82) is 0 Å². The Bertz CT molecular complexity index is 457. The number of hydrogen-bond acceptors (Lipinski definition) is 2. The van der Waals surface area contributed by atoms with Crippen LogP contribution in [0.4, 0.5) is 0 Å². The monoisotopic (exact) mass is 250 g/mol. The van der Waals surface area contributed by atoms with Crippen molar-refractivity contribution in [2.75, 3.05) is 0 Å². The third-order valence-electron chi connectivity index (χ3n) is 3.34. The molecule has 1 amide bonds. The summed E-state index contributed by atoms with van der Waals surface area (Å²) in [5.74, 6) is -0.139. The number of hydrogen-bond donors (Lipinski definition) is 2. The highest BCUT2D eigenvalue weighted by Gasteiger charge is 2.20. The molecule has 0 radical (unpaired) electrons. The van der Waals surface area contributed by atoms with E-state index in [9.17, 15) is 9.59 Å². The Morgan fingerprint density at radius 1 is 1.22 bits per heavy atom. The van der Waals surface area contributed by atoms with Crippen LogP contribution in [0.1, 0.15) is 65.7 Å². The van der Waals surface area contributed by atoms with E-state index < -0.39 is 0 Å². The highest BCUT2D eigenvalue weighted by molar-refractivity contribution is 6.02. The zero-order valence-electron chi connectivity index (χ0n) is 11.8. The van der Waals surface area contributed by atoms with E-state index in [-0.39, 0.29) is 17.7 Å². The second kappa shape index (κ2) is 5.85. The molecule has 0 aliphatic rings. The molecule has 1 aromatic rings. The zero-order chi connectivity index (χ0) is 13.9. The quantitative estimate of drug-likeness (QED) is 0.789. The van der Waals surface area contributed by atoms with Gasteiger partial charge >= 0.3 is 0 Å². The number of nitrogens with one attached hydrogen (secondary N) is 2. The number of carbonyl (C=O) groups excluding carboxylic acids is 2. The van der Waals surface area contributed by atoms with Crippen LogP contribution in [0, 0.1) is 13.8 Å². The van der Waals surface area contributed by atoms with Crippen molar-refractivity contribution in [3.05, 3.63) is 22.5 Å². The Kier molecular flexibility index (Phi) is 4.70. The number of aromatic amines is 1. The van der Waals surface area contributed by atoms with Crippen molar-refractivity contribution in [3.8, 4) is 0 Å². The lowest BCUT2D eigenvalue weighted by Gasteiger charge is -2.14. The fraction of sp³-hybridized carbons (Fsp3) is 0.571. The summed E-state index contributed by atoms with van der Waals surface area (Å²) < 4.78 is 0. The summed E-state index contributed by atoms with van der Waals surface area (Å²) in [6.45, 7) is 9.23. The molecule has 0 aromatic carbocycles. The Morgan fingerprint density at radius 3 is 2.17 bits per heavy atom. The minimum Gasteiger partial charge on any atom is -0.354 e. The first-order valence-corrected chi connectivity index (χ1v) is 6.43. The number of H-pyrrole nitrogens is 1. The maximum Gasteiger partial charge on any atom is 0.268 e. The van der Waals surface area contributed by atoms with Crippen LogP contribution in [-0.2, 0) is 0 Å². The van der Waals surface area contributed by atoms with Gasteiger partial charge in [-0.15, -0.1) is 0 Å². The molecule has 4 heteroatoms. The van der Waals surface area contributed by atoms with E-state index in [4.69, 9.17) is 0 Å². The number of rotatable bonds is 5. The normalized spacial score (nSPS) is 10.8. The van der Waals surface area contributed by atoms with Gasteiger partial charge in [-0.25, -0.2) is 0 Å². The molecule has 0 aliphatic carbocycles. The Balaban J connectivity index is 3.01. The molecule has 1 rings (SSSR count). The van der Waals surface area contributed by atoms with Crippen molar-refractivity contribution in [2.45, 2.75) is 53.5 Å². The van der Waals surface area contributed by atoms with E-state index in [1.807, 2.05) is 27.7 Å². The first-order valence-electron chi connectivity index (χ1n) is 6.43. The van der Waals surface area contributed by atoms with E-state index in [2.05, 4.69) is 10.3 Å². The smallest absolute Gasteiger partial charge is 0.268 e. The van der Waals surface area contributed by atoms with E-state index in [1.54, 1.807) is 0 Å². The SMILES string of the molecule is CCC(CC)NC(=O)c1[nH]c(C)c(C(C)=O)c1C. The average molecular weight is 250 g/mol. The topological polar surface area (TPSA) is 62.0 Å². The molecule has 2 N–H and O–H groups in total. The maximum atomic E-state index is 12.1. The summed E-state index contributed by atoms with van der Waals surface area (Å²) in [6.07, 6.45) is 1.81. The lowest BCUT2D eigenvalue weighted by atomic mass is 10.1. The van der Waals surface area contributed by atoms with Crippen molar-refractivity contribution in [3.63, 3.8) is 0 Å². The molecular weight excluding hydrogens is 228 g/mol. The highest BCUT2D eigenvalue weighted by atomic mass is 16.2. The van der Waals surface area contributed by atoms with Gasteiger partial charge in [0.1, 0.15) is 5.69 Å². The van der Waals surface area contributed by atoms with Crippen LogP contribution in [0.15, 0.2) is 0 Å². The molecule has 0 saturated heterocycles. The number of aryl methyl sites for hydroxylation is 1. The van der Waals surface area contributed by atoms with Crippen molar-refractivity contribution >= 4 is 11.7 Å². The van der Waals surface area contributed by atoms with Crippen LogP contribution in [0.3, 0.4) is 0 Å². The lowest BCUT2D eigenvalue weighted by Crippen LogP contribution is -2.34. The summed E-state index contributed by atoms with van der Waals surface area (Å²) >= 11 is 0. The number of aromatic nitrogens is 1. The number of carbonyl (C=O) groups is 2. The van der Waals surface area contributed by atoms with Gasteiger partial charge in [-0.2, -0.15) is 0 Å². The largest absolute Gasteiger partial charge is 0.354 e. The summed E-state index contributed by atoms with van der Waals surface area (Å²) in [4.78, 5) is 26.6. The average Bonchev–Trinajstić information content (AvgIpc) is 2.61. The fourth-order valence-electron chi connectivity index (χ4n) is 2.26. The molecule has 0 fully saturated rings. The Labute approximate surface area is 108 Å². The number of ketones is 1. The van der Waals surface area contributed by atoms with Gasteiger partial charge < -0.3 is 10.3 Å². The van der Waals surface area contributed by atoms with Gasteiger partial charge in [0.2, 0.25) is 0 Å². The summed E-state index contributed by atoms with van der Waals surface area (Å²) in [5, 5.41) is 2.97. The molecule has 0 aliphatic heterocycles. The molecule has 0 bridgehead atoms. The number of amides is 1. The summed E-state index contributed by atoms with van der Waals surface area (Å²) in [7, 11) is 0. The molecule has 18 heavy (non-hydrogen) atoms. The van der Waals surface area contributed by atoms with Crippen LogP contribution < -0.4 is 5.32 Å². The summed E-state index contributed by atoms with van der Waals surface area (Å²) in [6, 6.07) is 0.182. The van der Waals surface area contributed by atoms with E-state index in [1.165, 1.54) is 6.92 Å². The fourth-order valence-corrected chi connectivity index (χ4v) is 2.26. The number of Topliss-reactive ketones (excluding diaryl/α,β-unsaturated/α-hetero) is 1. The Morgan fingerprint density at radius 2 is 1.78 bits per heavy atom.